The van der Waals surface area contributed by atoms with Gasteiger partial charge in [-0.3, -0.25) is 4.79 Å². The summed E-state index contributed by atoms with van der Waals surface area (Å²) in [5.74, 6) is -0.402. The third kappa shape index (κ3) is 3.94. The molecule has 10 heteroatoms. The molecule has 164 valence electrons. The number of nitrogens with zero attached hydrogens (tertiary/aromatic N) is 3. The van der Waals surface area contributed by atoms with Crippen molar-refractivity contribution in [2.75, 3.05) is 19.0 Å². The first-order valence-corrected chi connectivity index (χ1v) is 10.1. The zero-order valence-electron chi connectivity index (χ0n) is 17.4. The summed E-state index contributed by atoms with van der Waals surface area (Å²) in [5, 5.41) is 3.65. The summed E-state index contributed by atoms with van der Waals surface area (Å²) in [6.07, 6.45) is 3.23. The number of nitrogens with one attached hydrogen (secondary N) is 2. The highest BCUT2D eigenvalue weighted by molar-refractivity contribution is 6.31. The Hall–Kier alpha value is -3.72. The van der Waals surface area contributed by atoms with Gasteiger partial charge in [0.1, 0.15) is 23.4 Å². The van der Waals surface area contributed by atoms with E-state index in [0.29, 0.717) is 57.4 Å². The smallest absolute Gasteiger partial charge is 0.251 e. The molecule has 2 heterocycles. The monoisotopic (exact) mass is 454 g/mol. The molecule has 1 amide bonds. The first kappa shape index (κ1) is 21.5. The molecule has 0 aliphatic rings. The van der Waals surface area contributed by atoms with Crippen molar-refractivity contribution in [1.29, 1.82) is 0 Å². The van der Waals surface area contributed by atoms with Crippen LogP contribution in [-0.4, -0.2) is 39.5 Å². The van der Waals surface area contributed by atoms with Crippen molar-refractivity contribution in [1.82, 2.24) is 19.9 Å². The van der Waals surface area contributed by atoms with Crippen LogP contribution in [0.1, 0.15) is 21.5 Å². The van der Waals surface area contributed by atoms with Crippen LogP contribution in [0.4, 0.5) is 10.2 Å². The maximum atomic E-state index is 15.3. The number of ether oxygens (including phenoxy) is 1. The second kappa shape index (κ2) is 8.80. The van der Waals surface area contributed by atoms with Crippen molar-refractivity contribution in [2.24, 2.45) is 5.73 Å². The minimum atomic E-state index is -0.830. The first-order valence-electron chi connectivity index (χ1n) is 9.74. The number of benzene rings is 2. The van der Waals surface area contributed by atoms with Crippen LogP contribution in [0.2, 0.25) is 5.02 Å². The lowest BCUT2D eigenvalue weighted by Crippen LogP contribution is -2.19. The number of aromatic amines is 1. The van der Waals surface area contributed by atoms with Crippen LogP contribution in [-0.2, 0) is 6.42 Å². The first-order chi connectivity index (χ1) is 15.4. The summed E-state index contributed by atoms with van der Waals surface area (Å²) >= 11 is 6.17. The molecule has 0 fully saturated rings. The van der Waals surface area contributed by atoms with Crippen LogP contribution in [0.3, 0.4) is 0 Å². The Morgan fingerprint density at radius 2 is 2.06 bits per heavy atom. The molecule has 32 heavy (non-hydrogen) atoms. The average molecular weight is 455 g/mol. The lowest BCUT2D eigenvalue weighted by Gasteiger charge is -2.17. The van der Waals surface area contributed by atoms with E-state index in [9.17, 15) is 4.79 Å². The standard InChI is InChI=1S/C22H20ClFN6O2/c1-11-14(15-8-13(23)3-4-16(15)32-2)7-12(17(18(11)24)20(25)31)5-6-26-21-19-22(28-9-27-19)30-10-29-21/h3-4,7-10H,5-6H2,1-2H3,(H2,25,31)(H2,26,27,28,29,30). The fourth-order valence-corrected chi connectivity index (χ4v) is 3.82. The predicted molar refractivity (Wildman–Crippen MR) is 121 cm³/mol. The summed E-state index contributed by atoms with van der Waals surface area (Å²) < 4.78 is 20.7. The molecule has 4 rings (SSSR count). The molecule has 0 unspecified atom stereocenters. The van der Waals surface area contributed by atoms with Crippen molar-refractivity contribution < 1.29 is 13.9 Å². The second-order valence-electron chi connectivity index (χ2n) is 7.11. The Morgan fingerprint density at radius 3 is 2.81 bits per heavy atom. The lowest BCUT2D eigenvalue weighted by atomic mass is 9.91. The Labute approximate surface area is 188 Å². The van der Waals surface area contributed by atoms with Crippen LogP contribution in [0.15, 0.2) is 36.9 Å². The van der Waals surface area contributed by atoms with Crippen LogP contribution in [0.25, 0.3) is 22.3 Å². The number of amides is 1. The number of carbonyl (C=O) groups is 1. The van der Waals surface area contributed by atoms with Crippen molar-refractivity contribution in [3.63, 3.8) is 0 Å². The van der Waals surface area contributed by atoms with Crippen molar-refractivity contribution in [3.05, 3.63) is 64.5 Å². The Morgan fingerprint density at radius 1 is 1.25 bits per heavy atom. The predicted octanol–water partition coefficient (Wildman–Crippen LogP) is 3.88. The Kier molecular flexibility index (Phi) is 5.91. The van der Waals surface area contributed by atoms with Crippen molar-refractivity contribution in [2.45, 2.75) is 13.3 Å². The van der Waals surface area contributed by atoms with Gasteiger partial charge in [-0.1, -0.05) is 11.6 Å². The number of anilines is 1. The average Bonchev–Trinajstić information content (AvgIpc) is 3.25. The van der Waals surface area contributed by atoms with Gasteiger partial charge in [-0.15, -0.1) is 0 Å². The minimum Gasteiger partial charge on any atom is -0.496 e. The van der Waals surface area contributed by atoms with E-state index in [1.165, 1.54) is 19.8 Å². The molecular formula is C22H20ClFN6O2. The van der Waals surface area contributed by atoms with E-state index < -0.39 is 11.7 Å². The van der Waals surface area contributed by atoms with Crippen LogP contribution < -0.4 is 15.8 Å². The quantitative estimate of drug-likeness (QED) is 0.390. The summed E-state index contributed by atoms with van der Waals surface area (Å²) in [7, 11) is 1.53. The summed E-state index contributed by atoms with van der Waals surface area (Å²) in [4.78, 5) is 27.4. The minimum absolute atomic E-state index is 0.136. The van der Waals surface area contributed by atoms with Crippen LogP contribution >= 0.6 is 11.6 Å². The number of hydrogen-bond acceptors (Lipinski definition) is 6. The number of fused-ring (bicyclic) bond motifs is 1. The SMILES string of the molecule is COc1ccc(Cl)cc1-c1cc(CCNc2ncnc3nc[nH]c23)c(C(N)=O)c(F)c1C. The zero-order valence-corrected chi connectivity index (χ0v) is 18.1. The van der Waals surface area contributed by atoms with Gasteiger partial charge in [0.25, 0.3) is 5.91 Å². The number of nitrogens with two attached hydrogens (primary N) is 1. The molecule has 0 atom stereocenters. The molecule has 4 N–H and O–H groups in total. The van der Waals surface area contributed by atoms with Gasteiger partial charge in [0.15, 0.2) is 11.5 Å². The van der Waals surface area contributed by atoms with E-state index >= 15 is 4.39 Å². The maximum absolute atomic E-state index is 15.3. The van der Waals surface area contributed by atoms with E-state index in [-0.39, 0.29) is 11.1 Å². The highest BCUT2D eigenvalue weighted by atomic mass is 35.5. The van der Waals surface area contributed by atoms with Crippen LogP contribution in [0.5, 0.6) is 5.75 Å². The Bertz CT molecular complexity index is 1320. The van der Waals surface area contributed by atoms with Gasteiger partial charge in [-0.05, 0) is 54.3 Å². The van der Waals surface area contributed by atoms with E-state index in [1.807, 2.05) is 0 Å². The third-order valence-electron chi connectivity index (χ3n) is 5.20. The molecule has 0 spiro atoms. The molecule has 0 saturated heterocycles. The molecule has 4 aromatic rings. The fourth-order valence-electron chi connectivity index (χ4n) is 3.65. The molecule has 0 aliphatic carbocycles. The molecule has 0 aliphatic heterocycles. The molecule has 0 bridgehead atoms. The molecular weight excluding hydrogens is 435 g/mol. The zero-order chi connectivity index (χ0) is 22.8. The molecule has 2 aromatic carbocycles. The van der Waals surface area contributed by atoms with Gasteiger partial charge < -0.3 is 20.8 Å². The van der Waals surface area contributed by atoms with Gasteiger partial charge in [0.2, 0.25) is 0 Å². The number of carbonyl (C=O) groups excluding carboxylic acids is 1. The third-order valence-corrected chi connectivity index (χ3v) is 5.44. The highest BCUT2D eigenvalue weighted by Crippen LogP contribution is 2.37. The van der Waals surface area contributed by atoms with Gasteiger partial charge >= 0.3 is 0 Å². The number of halogens is 2. The lowest BCUT2D eigenvalue weighted by molar-refractivity contribution is 0.0995. The number of primary amides is 1. The summed E-state index contributed by atoms with van der Waals surface area (Å²) in [6, 6.07) is 6.85. The number of hydrogen-bond donors (Lipinski definition) is 3. The Balaban J connectivity index is 1.72. The molecule has 2 aromatic heterocycles. The number of aromatic nitrogens is 4. The fraction of sp³-hybridized carbons (Fsp3) is 0.182. The summed E-state index contributed by atoms with van der Waals surface area (Å²) in [6.45, 7) is 1.95. The van der Waals surface area contributed by atoms with Gasteiger partial charge in [0, 0.05) is 17.1 Å². The maximum Gasteiger partial charge on any atom is 0.251 e. The van der Waals surface area contributed by atoms with Crippen molar-refractivity contribution in [3.8, 4) is 16.9 Å². The molecule has 0 saturated carbocycles. The number of H-pyrrole nitrogens is 1. The number of rotatable bonds is 7. The van der Waals surface area contributed by atoms with E-state index in [1.54, 1.807) is 31.2 Å². The van der Waals surface area contributed by atoms with E-state index in [0.717, 1.165) is 0 Å². The van der Waals surface area contributed by atoms with E-state index in [4.69, 9.17) is 22.1 Å². The molecule has 8 nitrogen and oxygen atoms in total. The van der Waals surface area contributed by atoms with Crippen LogP contribution in [0, 0.1) is 12.7 Å². The van der Waals surface area contributed by atoms with Gasteiger partial charge in [-0.2, -0.15) is 0 Å². The number of methoxy groups -OCH3 is 1. The van der Waals surface area contributed by atoms with Gasteiger partial charge in [-0.25, -0.2) is 19.3 Å². The normalized spacial score (nSPS) is 11.0. The summed E-state index contributed by atoms with van der Waals surface area (Å²) in [5.41, 5.74) is 8.49. The molecule has 0 radical (unpaired) electrons. The highest BCUT2D eigenvalue weighted by Gasteiger charge is 2.22. The van der Waals surface area contributed by atoms with E-state index in [2.05, 4.69) is 25.3 Å². The topological polar surface area (TPSA) is 119 Å². The van der Waals surface area contributed by atoms with Gasteiger partial charge in [0.05, 0.1) is 19.0 Å². The largest absolute Gasteiger partial charge is 0.496 e. The number of imidazole rings is 1. The second-order valence-corrected chi connectivity index (χ2v) is 7.54. The van der Waals surface area contributed by atoms with Crippen molar-refractivity contribution >= 4 is 34.5 Å².